The van der Waals surface area contributed by atoms with Crippen LogP contribution in [0.1, 0.15) is 62.0 Å². The van der Waals surface area contributed by atoms with E-state index in [0.717, 1.165) is 31.2 Å². The Morgan fingerprint density at radius 3 is 2.53 bits per heavy atom. The normalized spacial score (nSPS) is 18.9. The molecule has 1 saturated heterocycles. The van der Waals surface area contributed by atoms with Crippen LogP contribution in [0, 0.1) is 12.8 Å². The first-order valence-corrected chi connectivity index (χ1v) is 13.4. The van der Waals surface area contributed by atoms with Crippen LogP contribution in [0.4, 0.5) is 0 Å². The molecule has 0 atom stereocenters. The maximum absolute atomic E-state index is 13.5. The van der Waals surface area contributed by atoms with Gasteiger partial charge >= 0.3 is 0 Å². The first-order chi connectivity index (χ1) is 16.4. The van der Waals surface area contributed by atoms with Crippen molar-refractivity contribution in [2.75, 3.05) is 20.2 Å². The molecule has 1 amide bonds. The second-order valence-corrected chi connectivity index (χ2v) is 10.9. The maximum Gasteiger partial charge on any atom is 0.248 e. The molecule has 0 spiro atoms. The third kappa shape index (κ3) is 5.36. The van der Waals surface area contributed by atoms with Crippen molar-refractivity contribution in [2.24, 2.45) is 5.92 Å². The zero-order valence-electron chi connectivity index (χ0n) is 19.8. The lowest BCUT2D eigenvalue weighted by Gasteiger charge is -2.32. The fourth-order valence-corrected chi connectivity index (χ4v) is 6.54. The van der Waals surface area contributed by atoms with Gasteiger partial charge in [0.15, 0.2) is 10.7 Å². The number of benzene rings is 1. The summed E-state index contributed by atoms with van der Waals surface area (Å²) in [6.45, 7) is 2.22. The number of hydrogen-bond donors (Lipinski definition) is 1. The van der Waals surface area contributed by atoms with Crippen LogP contribution in [-0.4, -0.2) is 50.0 Å². The molecule has 2 heterocycles. The van der Waals surface area contributed by atoms with E-state index in [0.29, 0.717) is 37.4 Å². The monoisotopic (exact) mass is 487 g/mol. The van der Waals surface area contributed by atoms with Crippen LogP contribution in [0.5, 0.6) is 5.75 Å². The number of para-hydroxylation sites is 1. The van der Waals surface area contributed by atoms with Crippen LogP contribution < -0.4 is 10.1 Å². The third-order valence-electron chi connectivity index (χ3n) is 6.76. The number of nitrogens with zero attached hydrogens (tertiary/aromatic N) is 2. The van der Waals surface area contributed by atoms with Crippen LogP contribution in [0.15, 0.2) is 33.7 Å². The molecule has 34 heavy (non-hydrogen) atoms. The van der Waals surface area contributed by atoms with Crippen LogP contribution in [0.25, 0.3) is 12.2 Å². The Bertz CT molecular complexity index is 1130. The molecule has 1 aromatic carbocycles. The Morgan fingerprint density at radius 1 is 1.12 bits per heavy atom. The summed E-state index contributed by atoms with van der Waals surface area (Å²) in [4.78, 5) is 12.8. The molecule has 0 bridgehead atoms. The van der Waals surface area contributed by atoms with E-state index in [-0.39, 0.29) is 28.5 Å². The fourth-order valence-electron chi connectivity index (χ4n) is 4.82. The third-order valence-corrected chi connectivity index (χ3v) is 8.82. The van der Waals surface area contributed by atoms with Gasteiger partial charge in [0, 0.05) is 30.6 Å². The second-order valence-electron chi connectivity index (χ2n) is 9.06. The number of ether oxygens (including phenoxy) is 1. The van der Waals surface area contributed by atoms with Gasteiger partial charge in [-0.15, -0.1) is 0 Å². The highest BCUT2D eigenvalue weighted by Crippen LogP contribution is 2.30. The predicted molar refractivity (Wildman–Crippen MR) is 130 cm³/mol. The number of aryl methyl sites for hydroxylation is 1. The minimum atomic E-state index is -3.81. The molecule has 1 aliphatic heterocycles. The average Bonchev–Trinajstić information content (AvgIpc) is 3.24. The highest BCUT2D eigenvalue weighted by atomic mass is 32.2. The summed E-state index contributed by atoms with van der Waals surface area (Å²) in [6.07, 6.45) is 10.0. The van der Waals surface area contributed by atoms with Gasteiger partial charge in [0.25, 0.3) is 0 Å². The van der Waals surface area contributed by atoms with E-state index in [2.05, 4.69) is 10.5 Å². The summed E-state index contributed by atoms with van der Waals surface area (Å²) >= 11 is 0. The van der Waals surface area contributed by atoms with E-state index in [1.165, 1.54) is 10.7 Å². The van der Waals surface area contributed by atoms with Gasteiger partial charge in [0.1, 0.15) is 11.4 Å². The minimum absolute atomic E-state index is 0.0607. The Kier molecular flexibility index (Phi) is 7.73. The van der Waals surface area contributed by atoms with Crippen molar-refractivity contribution in [2.45, 2.75) is 62.8 Å². The summed E-state index contributed by atoms with van der Waals surface area (Å²) in [5, 5.41) is 7.09. The lowest BCUT2D eigenvalue weighted by molar-refractivity contribution is -0.127. The lowest BCUT2D eigenvalue weighted by atomic mass is 9.93. The molecule has 2 fully saturated rings. The van der Waals surface area contributed by atoms with Gasteiger partial charge in [-0.25, -0.2) is 8.42 Å². The molecule has 0 radical (unpaired) electrons. The number of aromatic nitrogens is 1. The first kappa shape index (κ1) is 24.5. The number of amides is 1. The summed E-state index contributed by atoms with van der Waals surface area (Å²) in [6, 6.07) is 7.71. The van der Waals surface area contributed by atoms with E-state index in [4.69, 9.17) is 9.26 Å². The molecule has 9 heteroatoms. The van der Waals surface area contributed by atoms with Crippen LogP contribution >= 0.6 is 0 Å². The van der Waals surface area contributed by atoms with Gasteiger partial charge < -0.3 is 14.6 Å². The summed E-state index contributed by atoms with van der Waals surface area (Å²) < 4.78 is 39.1. The number of carbonyl (C=O) groups is 1. The summed E-state index contributed by atoms with van der Waals surface area (Å²) in [5.74, 6) is 0.765. The number of rotatable bonds is 7. The van der Waals surface area contributed by atoms with Gasteiger partial charge in [-0.2, -0.15) is 4.31 Å². The molecule has 1 aromatic heterocycles. The van der Waals surface area contributed by atoms with Gasteiger partial charge in [-0.3, -0.25) is 4.79 Å². The number of nitrogens with one attached hydrogen (secondary N) is 1. The average molecular weight is 488 g/mol. The molecular formula is C25H33N3O5S. The molecule has 8 nitrogen and oxygen atoms in total. The summed E-state index contributed by atoms with van der Waals surface area (Å²) in [5.41, 5.74) is 1.11. The highest BCUT2D eigenvalue weighted by molar-refractivity contribution is 7.89. The first-order valence-electron chi connectivity index (χ1n) is 12.0. The van der Waals surface area contributed by atoms with E-state index >= 15 is 0 Å². The molecule has 1 aliphatic carbocycles. The van der Waals surface area contributed by atoms with E-state index < -0.39 is 10.0 Å². The SMILES string of the molecule is COc1ccccc1/C=C/c1onc(C)c1S(=O)(=O)N1CCC(C(=O)NC2CCCCC2)CC1. The zero-order chi connectivity index (χ0) is 24.1. The largest absolute Gasteiger partial charge is 0.496 e. The number of piperidine rings is 1. The van der Waals surface area contributed by atoms with Crippen molar-refractivity contribution in [3.8, 4) is 5.75 Å². The Balaban J connectivity index is 1.44. The van der Waals surface area contributed by atoms with Gasteiger partial charge in [-0.05, 0) is 50.8 Å². The molecule has 2 aliphatic rings. The van der Waals surface area contributed by atoms with Crippen molar-refractivity contribution in [3.63, 3.8) is 0 Å². The molecule has 0 unspecified atom stereocenters. The highest BCUT2D eigenvalue weighted by Gasteiger charge is 2.36. The second kappa shape index (κ2) is 10.7. The number of methoxy groups -OCH3 is 1. The topological polar surface area (TPSA) is 102 Å². The molecule has 1 saturated carbocycles. The minimum Gasteiger partial charge on any atom is -0.496 e. The summed E-state index contributed by atoms with van der Waals surface area (Å²) in [7, 11) is -2.23. The number of hydrogen-bond acceptors (Lipinski definition) is 6. The quantitative estimate of drug-likeness (QED) is 0.633. The van der Waals surface area contributed by atoms with Gasteiger partial charge in [0.05, 0.1) is 7.11 Å². The smallest absolute Gasteiger partial charge is 0.248 e. The standard InChI is InChI=1S/C25H33N3O5S/c1-18-24(23(33-27-18)13-12-19-8-6-7-11-22(19)32-2)34(30,31)28-16-14-20(15-17-28)25(29)26-21-9-4-3-5-10-21/h6-8,11-13,20-21H,3-5,9-10,14-17H2,1-2H3,(H,26,29)/b13-12+. The van der Waals surface area contributed by atoms with Gasteiger partial charge in [-0.1, -0.05) is 42.6 Å². The van der Waals surface area contributed by atoms with Crippen LogP contribution in [-0.2, 0) is 14.8 Å². The van der Waals surface area contributed by atoms with Gasteiger partial charge in [0.2, 0.25) is 15.9 Å². The Labute approximate surface area is 201 Å². The van der Waals surface area contributed by atoms with E-state index in [9.17, 15) is 13.2 Å². The molecule has 184 valence electrons. The number of carbonyl (C=O) groups excluding carboxylic acids is 1. The maximum atomic E-state index is 13.5. The Morgan fingerprint density at radius 2 is 1.82 bits per heavy atom. The Hall–Kier alpha value is -2.65. The van der Waals surface area contributed by atoms with Crippen LogP contribution in [0.2, 0.25) is 0 Å². The van der Waals surface area contributed by atoms with Crippen molar-refractivity contribution in [3.05, 3.63) is 41.3 Å². The fraction of sp³-hybridized carbons (Fsp3) is 0.520. The molecular weight excluding hydrogens is 454 g/mol. The zero-order valence-corrected chi connectivity index (χ0v) is 20.6. The van der Waals surface area contributed by atoms with Crippen molar-refractivity contribution >= 4 is 28.1 Å². The van der Waals surface area contributed by atoms with Crippen molar-refractivity contribution in [1.29, 1.82) is 0 Å². The molecule has 1 N–H and O–H groups in total. The van der Waals surface area contributed by atoms with Crippen molar-refractivity contribution in [1.82, 2.24) is 14.8 Å². The molecule has 4 rings (SSSR count). The lowest BCUT2D eigenvalue weighted by Crippen LogP contribution is -2.45. The predicted octanol–water partition coefficient (Wildman–Crippen LogP) is 4.01. The van der Waals surface area contributed by atoms with Crippen LogP contribution in [0.3, 0.4) is 0 Å². The van der Waals surface area contributed by atoms with Crippen molar-refractivity contribution < 1.29 is 22.5 Å². The number of sulfonamides is 1. The molecule has 2 aromatic rings. The van der Waals surface area contributed by atoms with E-state index in [1.54, 1.807) is 26.2 Å². The van der Waals surface area contributed by atoms with E-state index in [1.807, 2.05) is 24.3 Å².